The summed E-state index contributed by atoms with van der Waals surface area (Å²) < 4.78 is 0. The number of thioether (sulfide) groups is 1. The van der Waals surface area contributed by atoms with E-state index in [-0.39, 0.29) is 0 Å². The number of nitrogens with two attached hydrogens (primary N) is 1. The molecule has 2 atom stereocenters. The molecule has 0 heterocycles. The maximum Gasteiger partial charge on any atom is 0.210 e. The highest BCUT2D eigenvalue weighted by Crippen LogP contribution is 2.31. The van der Waals surface area contributed by atoms with Crippen molar-refractivity contribution in [3.8, 4) is 0 Å². The van der Waals surface area contributed by atoms with Crippen LogP contribution >= 0.6 is 11.8 Å². The number of aliphatic imine (C=N–C) groups is 1. The van der Waals surface area contributed by atoms with Crippen molar-refractivity contribution in [2.45, 2.75) is 37.5 Å². The van der Waals surface area contributed by atoms with Crippen molar-refractivity contribution >= 4 is 23.4 Å². The van der Waals surface area contributed by atoms with Crippen molar-refractivity contribution in [1.29, 1.82) is 0 Å². The van der Waals surface area contributed by atoms with Gasteiger partial charge in [0.15, 0.2) is 0 Å². The lowest BCUT2D eigenvalue weighted by atomic mass is 10.3. The Hall–Kier alpha value is -1.20. The number of para-hydroxylation sites is 1. The summed E-state index contributed by atoms with van der Waals surface area (Å²) in [6, 6.07) is 10.3. The summed E-state index contributed by atoms with van der Waals surface area (Å²) in [4.78, 5) is 4.68. The zero-order valence-electron chi connectivity index (χ0n) is 11.3. The molecule has 1 fully saturated rings. The molecule has 0 spiro atoms. The smallest absolute Gasteiger partial charge is 0.210 e. The minimum Gasteiger partial charge on any atom is -0.325 e. The monoisotopic (exact) mass is 278 g/mol. The standard InChI is InChI=1S/C14H22N4S/c1-2-19-13-9-8-12(10-13)17-14(18-15)16-11-6-4-3-5-7-11/h3-7,12-13H,2,8-10,15H2,1H3,(H2,16,17,18). The molecular weight excluding hydrogens is 256 g/mol. The Bertz CT molecular complexity index is 407. The Kier molecular flexibility index (Phi) is 5.54. The Morgan fingerprint density at radius 2 is 2.16 bits per heavy atom. The van der Waals surface area contributed by atoms with Crippen molar-refractivity contribution in [2.24, 2.45) is 10.8 Å². The van der Waals surface area contributed by atoms with Crippen molar-refractivity contribution in [2.75, 3.05) is 11.1 Å². The van der Waals surface area contributed by atoms with E-state index in [9.17, 15) is 0 Å². The molecule has 1 aromatic carbocycles. The second kappa shape index (κ2) is 7.40. The van der Waals surface area contributed by atoms with Gasteiger partial charge in [0.25, 0.3) is 0 Å². The van der Waals surface area contributed by atoms with Gasteiger partial charge in [-0.1, -0.05) is 25.1 Å². The SMILES string of the molecule is CCSC1CCC(N=C(NN)Nc2ccccc2)C1. The van der Waals surface area contributed by atoms with Gasteiger partial charge in [-0.15, -0.1) is 0 Å². The Morgan fingerprint density at radius 3 is 2.84 bits per heavy atom. The number of hydrogen-bond acceptors (Lipinski definition) is 3. The molecule has 0 saturated heterocycles. The van der Waals surface area contributed by atoms with Crippen LogP contribution < -0.4 is 16.6 Å². The van der Waals surface area contributed by atoms with Crippen LogP contribution in [0.2, 0.25) is 0 Å². The maximum atomic E-state index is 5.54. The van der Waals surface area contributed by atoms with Gasteiger partial charge < -0.3 is 5.32 Å². The molecule has 0 bridgehead atoms. The highest BCUT2D eigenvalue weighted by Gasteiger charge is 2.24. The van der Waals surface area contributed by atoms with E-state index in [0.29, 0.717) is 12.0 Å². The van der Waals surface area contributed by atoms with Gasteiger partial charge >= 0.3 is 0 Å². The number of benzene rings is 1. The molecular formula is C14H22N4S. The molecule has 4 N–H and O–H groups in total. The van der Waals surface area contributed by atoms with E-state index < -0.39 is 0 Å². The van der Waals surface area contributed by atoms with Gasteiger partial charge in [-0.2, -0.15) is 11.8 Å². The summed E-state index contributed by atoms with van der Waals surface area (Å²) in [5.41, 5.74) is 3.65. The highest BCUT2D eigenvalue weighted by molar-refractivity contribution is 7.99. The fourth-order valence-corrected chi connectivity index (χ4v) is 3.50. The number of nitrogens with zero attached hydrogens (tertiary/aromatic N) is 1. The van der Waals surface area contributed by atoms with Crippen LogP contribution in [-0.2, 0) is 0 Å². The van der Waals surface area contributed by atoms with Crippen LogP contribution in [0.25, 0.3) is 0 Å². The third kappa shape index (κ3) is 4.44. The first-order valence-corrected chi connectivity index (χ1v) is 7.84. The lowest BCUT2D eigenvalue weighted by Crippen LogP contribution is -2.37. The summed E-state index contributed by atoms with van der Waals surface area (Å²) in [7, 11) is 0. The van der Waals surface area contributed by atoms with Gasteiger partial charge in [0.1, 0.15) is 0 Å². The summed E-state index contributed by atoms with van der Waals surface area (Å²) >= 11 is 2.04. The molecule has 0 aromatic heterocycles. The van der Waals surface area contributed by atoms with Crippen LogP contribution in [-0.4, -0.2) is 23.0 Å². The molecule has 5 heteroatoms. The first-order valence-electron chi connectivity index (χ1n) is 6.80. The van der Waals surface area contributed by atoms with E-state index in [4.69, 9.17) is 5.84 Å². The summed E-state index contributed by atoms with van der Waals surface area (Å²) in [5.74, 6) is 7.38. The predicted molar refractivity (Wildman–Crippen MR) is 84.4 cm³/mol. The first-order chi connectivity index (χ1) is 9.31. The van der Waals surface area contributed by atoms with Gasteiger partial charge in [0.2, 0.25) is 5.96 Å². The molecule has 104 valence electrons. The molecule has 2 unspecified atom stereocenters. The van der Waals surface area contributed by atoms with Crippen LogP contribution in [0, 0.1) is 0 Å². The fourth-order valence-electron chi connectivity index (χ4n) is 2.37. The largest absolute Gasteiger partial charge is 0.325 e. The normalized spacial score (nSPS) is 23.4. The minimum atomic E-state index is 0.381. The van der Waals surface area contributed by atoms with Gasteiger partial charge in [-0.25, -0.2) is 10.8 Å². The zero-order valence-corrected chi connectivity index (χ0v) is 12.1. The molecule has 0 radical (unpaired) electrons. The third-order valence-electron chi connectivity index (χ3n) is 3.24. The van der Waals surface area contributed by atoms with Crippen molar-refractivity contribution in [3.63, 3.8) is 0 Å². The van der Waals surface area contributed by atoms with Crippen LogP contribution in [0.5, 0.6) is 0 Å². The first kappa shape index (κ1) is 14.2. The number of rotatable bonds is 4. The van der Waals surface area contributed by atoms with Crippen molar-refractivity contribution in [1.82, 2.24) is 5.43 Å². The molecule has 1 aliphatic carbocycles. The highest BCUT2D eigenvalue weighted by atomic mass is 32.2. The van der Waals surface area contributed by atoms with Gasteiger partial charge in [-0.05, 0) is 37.1 Å². The van der Waals surface area contributed by atoms with E-state index in [0.717, 1.165) is 23.8 Å². The number of hydrazine groups is 1. The zero-order chi connectivity index (χ0) is 13.5. The summed E-state index contributed by atoms with van der Waals surface area (Å²) in [6.45, 7) is 2.21. The van der Waals surface area contributed by atoms with Gasteiger partial charge in [0.05, 0.1) is 6.04 Å². The summed E-state index contributed by atoms with van der Waals surface area (Å²) in [5, 5.41) is 3.97. The number of hydrogen-bond donors (Lipinski definition) is 3. The molecule has 2 rings (SSSR count). The van der Waals surface area contributed by atoms with E-state index in [1.165, 1.54) is 12.2 Å². The lowest BCUT2D eigenvalue weighted by Gasteiger charge is -2.12. The Labute approximate surface area is 119 Å². The van der Waals surface area contributed by atoms with Crippen molar-refractivity contribution < 1.29 is 0 Å². The molecule has 19 heavy (non-hydrogen) atoms. The molecule has 1 saturated carbocycles. The number of guanidine groups is 1. The number of anilines is 1. The molecule has 1 aliphatic rings. The summed E-state index contributed by atoms with van der Waals surface area (Å²) in [6.07, 6.45) is 3.56. The van der Waals surface area contributed by atoms with Crippen LogP contribution in [0.3, 0.4) is 0 Å². The molecule has 0 amide bonds. The molecule has 0 aliphatic heterocycles. The Morgan fingerprint density at radius 1 is 1.37 bits per heavy atom. The Balaban J connectivity index is 1.92. The van der Waals surface area contributed by atoms with Crippen LogP contribution in [0.15, 0.2) is 35.3 Å². The minimum absolute atomic E-state index is 0.381. The van der Waals surface area contributed by atoms with Crippen LogP contribution in [0.4, 0.5) is 5.69 Å². The average Bonchev–Trinajstić information content (AvgIpc) is 2.87. The average molecular weight is 278 g/mol. The lowest BCUT2D eigenvalue weighted by molar-refractivity contribution is 0.701. The van der Waals surface area contributed by atoms with E-state index in [1.807, 2.05) is 42.1 Å². The number of nitrogens with one attached hydrogen (secondary N) is 2. The van der Waals surface area contributed by atoms with E-state index in [1.54, 1.807) is 0 Å². The molecule has 4 nitrogen and oxygen atoms in total. The quantitative estimate of drug-likeness (QED) is 0.343. The topological polar surface area (TPSA) is 62.4 Å². The maximum absolute atomic E-state index is 5.54. The fraction of sp³-hybridized carbons (Fsp3) is 0.500. The molecule has 1 aromatic rings. The van der Waals surface area contributed by atoms with Gasteiger partial charge in [0, 0.05) is 10.9 Å². The third-order valence-corrected chi connectivity index (χ3v) is 4.48. The van der Waals surface area contributed by atoms with Gasteiger partial charge in [-0.3, -0.25) is 5.43 Å². The van der Waals surface area contributed by atoms with E-state index >= 15 is 0 Å². The van der Waals surface area contributed by atoms with Crippen LogP contribution in [0.1, 0.15) is 26.2 Å². The van der Waals surface area contributed by atoms with E-state index in [2.05, 4.69) is 22.7 Å². The second-order valence-electron chi connectivity index (χ2n) is 4.66. The second-order valence-corrected chi connectivity index (χ2v) is 6.23. The van der Waals surface area contributed by atoms with Crippen molar-refractivity contribution in [3.05, 3.63) is 30.3 Å². The predicted octanol–water partition coefficient (Wildman–Crippen LogP) is 2.59.